The van der Waals surface area contributed by atoms with Crippen LogP contribution in [0, 0.1) is 20.8 Å². The van der Waals surface area contributed by atoms with Crippen molar-refractivity contribution >= 4 is 51.7 Å². The van der Waals surface area contributed by atoms with Gasteiger partial charge in [0.05, 0.1) is 12.1 Å². The van der Waals surface area contributed by atoms with Gasteiger partial charge in [-0.2, -0.15) is 0 Å². The Balaban J connectivity index is 1.41. The van der Waals surface area contributed by atoms with Crippen LogP contribution >= 0.6 is 34.9 Å². The van der Waals surface area contributed by atoms with E-state index in [0.29, 0.717) is 18.7 Å². The SMILES string of the molecule is Cc1ccsc1-c1cccc2c(CCCOc3cc(C)c(Cl)c(C)c3)c(C(=O)NSc3ccccc3)[nH]c12. The summed E-state index contributed by atoms with van der Waals surface area (Å²) in [5.74, 6) is 0.680. The highest BCUT2D eigenvalue weighted by Gasteiger charge is 2.21. The molecular weight excluding hydrogens is 532 g/mol. The van der Waals surface area contributed by atoms with Gasteiger partial charge in [0.2, 0.25) is 0 Å². The van der Waals surface area contributed by atoms with Crippen LogP contribution in [0.25, 0.3) is 21.3 Å². The van der Waals surface area contributed by atoms with Gasteiger partial charge in [0.25, 0.3) is 5.91 Å². The fraction of sp³-hybridized carbons (Fsp3) is 0.194. The molecule has 0 aliphatic heterocycles. The van der Waals surface area contributed by atoms with Gasteiger partial charge in [-0.25, -0.2) is 0 Å². The zero-order valence-electron chi connectivity index (χ0n) is 21.6. The van der Waals surface area contributed by atoms with Crippen LogP contribution < -0.4 is 9.46 Å². The first-order valence-electron chi connectivity index (χ1n) is 12.5. The lowest BCUT2D eigenvalue weighted by Gasteiger charge is -2.10. The fourth-order valence-electron chi connectivity index (χ4n) is 4.64. The van der Waals surface area contributed by atoms with Gasteiger partial charge in [-0.15, -0.1) is 11.3 Å². The number of aromatic nitrogens is 1. The Labute approximate surface area is 236 Å². The molecule has 3 aromatic carbocycles. The van der Waals surface area contributed by atoms with Crippen molar-refractivity contribution in [3.63, 3.8) is 0 Å². The number of hydrogen-bond acceptors (Lipinski definition) is 4. The number of thiophene rings is 1. The average Bonchev–Trinajstić information content (AvgIpc) is 3.52. The molecule has 1 amide bonds. The number of carbonyl (C=O) groups is 1. The molecule has 194 valence electrons. The highest BCUT2D eigenvalue weighted by atomic mass is 35.5. The van der Waals surface area contributed by atoms with E-state index < -0.39 is 0 Å². The minimum atomic E-state index is -0.135. The molecular formula is C31H29ClN2O2S2. The molecule has 0 atom stereocenters. The van der Waals surface area contributed by atoms with Gasteiger partial charge >= 0.3 is 0 Å². The van der Waals surface area contributed by atoms with E-state index in [4.69, 9.17) is 16.3 Å². The summed E-state index contributed by atoms with van der Waals surface area (Å²) in [4.78, 5) is 19.1. The number of rotatable bonds is 9. The number of para-hydroxylation sites is 1. The average molecular weight is 561 g/mol. The van der Waals surface area contributed by atoms with Crippen molar-refractivity contribution in [3.05, 3.63) is 105 Å². The third-order valence-electron chi connectivity index (χ3n) is 6.53. The van der Waals surface area contributed by atoms with E-state index in [-0.39, 0.29) is 5.91 Å². The Bertz CT molecular complexity index is 1570. The Morgan fingerprint density at radius 2 is 1.76 bits per heavy atom. The van der Waals surface area contributed by atoms with E-state index >= 15 is 0 Å². The molecule has 2 aromatic heterocycles. The number of H-pyrrole nitrogens is 1. The molecule has 0 aliphatic carbocycles. The zero-order valence-corrected chi connectivity index (χ0v) is 23.9. The third kappa shape index (κ3) is 5.63. The van der Waals surface area contributed by atoms with Crippen LogP contribution in [-0.2, 0) is 6.42 Å². The number of nitrogens with one attached hydrogen (secondary N) is 2. The van der Waals surface area contributed by atoms with Crippen LogP contribution in [0.3, 0.4) is 0 Å². The van der Waals surface area contributed by atoms with E-state index in [9.17, 15) is 4.79 Å². The summed E-state index contributed by atoms with van der Waals surface area (Å²) in [6.07, 6.45) is 1.47. The van der Waals surface area contributed by atoms with Crippen molar-refractivity contribution in [3.8, 4) is 16.2 Å². The molecule has 4 nitrogen and oxygen atoms in total. The molecule has 7 heteroatoms. The van der Waals surface area contributed by atoms with Gasteiger partial charge in [0, 0.05) is 25.7 Å². The van der Waals surface area contributed by atoms with Crippen molar-refractivity contribution < 1.29 is 9.53 Å². The Hall–Kier alpha value is -3.19. The molecule has 0 spiro atoms. The monoisotopic (exact) mass is 560 g/mol. The smallest absolute Gasteiger partial charge is 0.278 e. The lowest BCUT2D eigenvalue weighted by atomic mass is 10.0. The van der Waals surface area contributed by atoms with Gasteiger partial charge in [-0.05, 0) is 104 Å². The second-order valence-corrected chi connectivity index (χ2v) is 11.5. The molecule has 2 heterocycles. The largest absolute Gasteiger partial charge is 0.494 e. The molecule has 5 aromatic rings. The molecule has 0 bridgehead atoms. The number of halogens is 1. The molecule has 0 radical (unpaired) electrons. The van der Waals surface area contributed by atoms with Crippen molar-refractivity contribution in [1.29, 1.82) is 0 Å². The van der Waals surface area contributed by atoms with Crippen LogP contribution in [0.1, 0.15) is 39.2 Å². The second kappa shape index (κ2) is 11.7. The first kappa shape index (κ1) is 26.4. The predicted octanol–water partition coefficient (Wildman–Crippen LogP) is 8.92. The highest BCUT2D eigenvalue weighted by Crippen LogP contribution is 2.37. The number of aromatic amines is 1. The fourth-order valence-corrected chi connectivity index (χ4v) is 6.31. The topological polar surface area (TPSA) is 54.1 Å². The maximum atomic E-state index is 13.4. The van der Waals surface area contributed by atoms with E-state index in [1.165, 1.54) is 22.4 Å². The molecule has 5 rings (SSSR count). The van der Waals surface area contributed by atoms with E-state index in [1.807, 2.05) is 56.3 Å². The van der Waals surface area contributed by atoms with Crippen LogP contribution in [0.4, 0.5) is 0 Å². The van der Waals surface area contributed by atoms with Gasteiger partial charge in [0.15, 0.2) is 0 Å². The molecule has 38 heavy (non-hydrogen) atoms. The van der Waals surface area contributed by atoms with Crippen molar-refractivity contribution in [2.75, 3.05) is 6.61 Å². The Morgan fingerprint density at radius 1 is 1.00 bits per heavy atom. The summed E-state index contributed by atoms with van der Waals surface area (Å²) in [6.45, 7) is 6.63. The van der Waals surface area contributed by atoms with Crippen LogP contribution in [0.2, 0.25) is 5.02 Å². The minimum absolute atomic E-state index is 0.135. The van der Waals surface area contributed by atoms with E-state index in [2.05, 4.69) is 46.3 Å². The molecule has 0 saturated carbocycles. The van der Waals surface area contributed by atoms with Crippen LogP contribution in [-0.4, -0.2) is 17.5 Å². The first-order chi connectivity index (χ1) is 18.4. The van der Waals surface area contributed by atoms with Crippen molar-refractivity contribution in [2.45, 2.75) is 38.5 Å². The van der Waals surface area contributed by atoms with E-state index in [1.54, 1.807) is 11.3 Å². The highest BCUT2D eigenvalue weighted by molar-refractivity contribution is 7.98. The lowest BCUT2D eigenvalue weighted by molar-refractivity contribution is 0.0979. The molecule has 0 aliphatic rings. The lowest BCUT2D eigenvalue weighted by Crippen LogP contribution is -2.18. The number of fused-ring (bicyclic) bond motifs is 1. The summed E-state index contributed by atoms with van der Waals surface area (Å²) in [7, 11) is 0. The van der Waals surface area contributed by atoms with Crippen molar-refractivity contribution in [2.24, 2.45) is 0 Å². The second-order valence-electron chi connectivity index (χ2n) is 9.31. The number of benzene rings is 3. The number of hydrogen-bond donors (Lipinski definition) is 2. The summed E-state index contributed by atoms with van der Waals surface area (Å²) >= 11 is 9.35. The van der Waals surface area contributed by atoms with Crippen LogP contribution in [0.15, 0.2) is 77.0 Å². The molecule has 0 saturated heterocycles. The van der Waals surface area contributed by atoms with E-state index in [0.717, 1.165) is 55.2 Å². The first-order valence-corrected chi connectivity index (χ1v) is 14.6. The normalized spacial score (nSPS) is 11.2. The maximum absolute atomic E-state index is 13.4. The predicted molar refractivity (Wildman–Crippen MR) is 161 cm³/mol. The quantitative estimate of drug-likeness (QED) is 0.140. The summed E-state index contributed by atoms with van der Waals surface area (Å²) in [5, 5.41) is 3.95. The number of aryl methyl sites for hydroxylation is 4. The summed E-state index contributed by atoms with van der Waals surface area (Å²) in [6, 6.07) is 22.2. The number of carbonyl (C=O) groups excluding carboxylic acids is 1. The summed E-state index contributed by atoms with van der Waals surface area (Å²) < 4.78 is 9.09. The third-order valence-corrected chi connectivity index (χ3v) is 8.97. The Kier molecular flexibility index (Phi) is 8.12. The minimum Gasteiger partial charge on any atom is -0.494 e. The number of amides is 1. The zero-order chi connectivity index (χ0) is 26.6. The maximum Gasteiger partial charge on any atom is 0.278 e. The van der Waals surface area contributed by atoms with Gasteiger partial charge < -0.3 is 9.72 Å². The Morgan fingerprint density at radius 3 is 2.47 bits per heavy atom. The van der Waals surface area contributed by atoms with Crippen molar-refractivity contribution in [1.82, 2.24) is 9.71 Å². The van der Waals surface area contributed by atoms with Crippen LogP contribution in [0.5, 0.6) is 5.75 Å². The molecule has 2 N–H and O–H groups in total. The van der Waals surface area contributed by atoms with Gasteiger partial charge in [0.1, 0.15) is 11.4 Å². The van der Waals surface area contributed by atoms with Gasteiger partial charge in [-0.1, -0.05) is 48.0 Å². The standard InChI is InChI=1S/C31H29ClN2O2S2/c1-19-14-16-37-30(19)26-12-7-11-24-25(13-8-15-36-22-17-20(2)27(32)21(3)18-22)29(33-28(24)26)31(35)34-38-23-9-5-4-6-10-23/h4-7,9-12,14,16-18,33H,8,13,15H2,1-3H3,(H,34,35). The molecule has 0 fully saturated rings. The molecule has 0 unspecified atom stereocenters. The number of ether oxygens (including phenoxy) is 1. The summed E-state index contributed by atoms with van der Waals surface area (Å²) in [5.41, 5.74) is 6.96. The van der Waals surface area contributed by atoms with Gasteiger partial charge in [-0.3, -0.25) is 9.52 Å².